The van der Waals surface area contributed by atoms with Crippen molar-refractivity contribution in [3.63, 3.8) is 0 Å². The van der Waals surface area contributed by atoms with E-state index in [1.54, 1.807) is 6.07 Å². The molecular weight excluding hydrogens is 324 g/mol. The molecule has 0 aliphatic carbocycles. The number of anilines is 2. The number of piperazine rings is 1. The number of rotatable bonds is 6. The van der Waals surface area contributed by atoms with Crippen LogP contribution in [0, 0.1) is 0 Å². The number of hydrogen-bond acceptors (Lipinski definition) is 4. The number of benzene rings is 2. The molecule has 1 aliphatic heterocycles. The molecule has 1 heterocycles. The molecule has 0 radical (unpaired) electrons. The largest absolute Gasteiger partial charge is 0.399 e. The van der Waals surface area contributed by atoms with E-state index in [4.69, 9.17) is 5.73 Å². The van der Waals surface area contributed by atoms with Crippen molar-refractivity contribution in [2.75, 3.05) is 43.4 Å². The lowest BCUT2D eigenvalue weighted by Gasteiger charge is -2.37. The minimum atomic E-state index is -0.0409. The zero-order chi connectivity index (χ0) is 18.4. The van der Waals surface area contributed by atoms with E-state index in [1.165, 1.54) is 5.56 Å². The zero-order valence-electron chi connectivity index (χ0n) is 15.4. The quantitative estimate of drug-likeness (QED) is 0.785. The van der Waals surface area contributed by atoms with E-state index in [1.807, 2.05) is 25.1 Å². The van der Waals surface area contributed by atoms with Crippen molar-refractivity contribution in [3.8, 4) is 0 Å². The molecule has 5 heteroatoms. The van der Waals surface area contributed by atoms with Gasteiger partial charge >= 0.3 is 0 Å². The van der Waals surface area contributed by atoms with E-state index < -0.39 is 0 Å². The summed E-state index contributed by atoms with van der Waals surface area (Å²) in [6.45, 7) is 7.48. The molecule has 0 aromatic heterocycles. The standard InChI is InChI=1S/C21H28N4O/c1-2-10-23-21(26)19-15-18(22)8-9-20(19)25-13-11-24(12-14-25)16-17-6-4-3-5-7-17/h3-9,15H,2,10-14,16,22H2,1H3,(H,23,26). The second kappa shape index (κ2) is 8.72. The first-order chi connectivity index (χ1) is 12.7. The van der Waals surface area contributed by atoms with Gasteiger partial charge in [-0.3, -0.25) is 9.69 Å². The Labute approximate surface area is 155 Å². The fourth-order valence-electron chi connectivity index (χ4n) is 3.33. The summed E-state index contributed by atoms with van der Waals surface area (Å²) in [5.41, 5.74) is 9.54. The third-order valence-electron chi connectivity index (χ3n) is 4.76. The van der Waals surface area contributed by atoms with Gasteiger partial charge in [-0.2, -0.15) is 0 Å². The summed E-state index contributed by atoms with van der Waals surface area (Å²) in [7, 11) is 0. The molecule has 138 valence electrons. The zero-order valence-corrected chi connectivity index (χ0v) is 15.4. The summed E-state index contributed by atoms with van der Waals surface area (Å²) in [6.07, 6.45) is 0.918. The molecule has 1 amide bonds. The van der Waals surface area contributed by atoms with Crippen LogP contribution in [0.2, 0.25) is 0 Å². The Morgan fingerprint density at radius 2 is 1.81 bits per heavy atom. The van der Waals surface area contributed by atoms with Crippen LogP contribution in [0.5, 0.6) is 0 Å². The lowest BCUT2D eigenvalue weighted by Crippen LogP contribution is -2.46. The summed E-state index contributed by atoms with van der Waals surface area (Å²) in [5.74, 6) is -0.0409. The highest BCUT2D eigenvalue weighted by atomic mass is 16.1. The van der Waals surface area contributed by atoms with Crippen LogP contribution in [-0.4, -0.2) is 43.5 Å². The maximum atomic E-state index is 12.5. The van der Waals surface area contributed by atoms with Crippen molar-refractivity contribution in [1.29, 1.82) is 0 Å². The second-order valence-corrected chi connectivity index (χ2v) is 6.78. The summed E-state index contributed by atoms with van der Waals surface area (Å²) < 4.78 is 0. The number of nitrogens with one attached hydrogen (secondary N) is 1. The lowest BCUT2D eigenvalue weighted by molar-refractivity contribution is 0.0954. The number of hydrogen-bond donors (Lipinski definition) is 2. The van der Waals surface area contributed by atoms with Crippen LogP contribution in [0.15, 0.2) is 48.5 Å². The van der Waals surface area contributed by atoms with E-state index in [2.05, 4.69) is 39.4 Å². The average molecular weight is 352 g/mol. The molecule has 2 aromatic carbocycles. The molecule has 0 atom stereocenters. The number of nitrogens with zero attached hydrogens (tertiary/aromatic N) is 2. The van der Waals surface area contributed by atoms with Gasteiger partial charge in [0.2, 0.25) is 0 Å². The number of nitrogens with two attached hydrogens (primary N) is 1. The highest BCUT2D eigenvalue weighted by molar-refractivity contribution is 6.00. The second-order valence-electron chi connectivity index (χ2n) is 6.78. The van der Waals surface area contributed by atoms with Crippen molar-refractivity contribution < 1.29 is 4.79 Å². The van der Waals surface area contributed by atoms with Crippen LogP contribution < -0.4 is 16.0 Å². The lowest BCUT2D eigenvalue weighted by atomic mass is 10.1. The molecule has 0 spiro atoms. The SMILES string of the molecule is CCCNC(=O)c1cc(N)ccc1N1CCN(Cc2ccccc2)CC1. The summed E-state index contributed by atoms with van der Waals surface area (Å²) >= 11 is 0. The maximum absolute atomic E-state index is 12.5. The topological polar surface area (TPSA) is 61.6 Å². The molecule has 1 aliphatic rings. The smallest absolute Gasteiger partial charge is 0.253 e. The fourth-order valence-corrected chi connectivity index (χ4v) is 3.33. The fraction of sp³-hybridized carbons (Fsp3) is 0.381. The first-order valence-corrected chi connectivity index (χ1v) is 9.36. The van der Waals surface area contributed by atoms with Crippen LogP contribution in [0.1, 0.15) is 29.3 Å². The third-order valence-corrected chi connectivity index (χ3v) is 4.76. The van der Waals surface area contributed by atoms with Crippen LogP contribution in [0.4, 0.5) is 11.4 Å². The van der Waals surface area contributed by atoms with Crippen molar-refractivity contribution in [3.05, 3.63) is 59.7 Å². The van der Waals surface area contributed by atoms with E-state index in [0.29, 0.717) is 17.8 Å². The van der Waals surface area contributed by atoms with E-state index in [0.717, 1.165) is 44.8 Å². The predicted molar refractivity (Wildman–Crippen MR) is 107 cm³/mol. The molecule has 3 rings (SSSR count). The Hall–Kier alpha value is -2.53. The third kappa shape index (κ3) is 4.55. The summed E-state index contributed by atoms with van der Waals surface area (Å²) in [4.78, 5) is 17.3. The van der Waals surface area contributed by atoms with Gasteiger partial charge in [0.25, 0.3) is 5.91 Å². The van der Waals surface area contributed by atoms with Crippen LogP contribution in [-0.2, 0) is 6.54 Å². The molecule has 1 fully saturated rings. The van der Waals surface area contributed by atoms with Gasteiger partial charge in [-0.15, -0.1) is 0 Å². The Bertz CT molecular complexity index is 724. The predicted octanol–water partition coefficient (Wildman–Crippen LogP) is 2.73. The Balaban J connectivity index is 1.66. The van der Waals surface area contributed by atoms with Crippen molar-refractivity contribution in [2.45, 2.75) is 19.9 Å². The molecule has 0 bridgehead atoms. The molecular formula is C21H28N4O. The molecule has 2 aromatic rings. The van der Waals surface area contributed by atoms with E-state index in [9.17, 15) is 4.79 Å². The Morgan fingerprint density at radius 1 is 1.08 bits per heavy atom. The molecule has 3 N–H and O–H groups in total. The van der Waals surface area contributed by atoms with E-state index in [-0.39, 0.29) is 5.91 Å². The maximum Gasteiger partial charge on any atom is 0.253 e. The van der Waals surface area contributed by atoms with Gasteiger partial charge in [0.05, 0.1) is 5.56 Å². The van der Waals surface area contributed by atoms with Gasteiger partial charge < -0.3 is 16.0 Å². The number of nitrogen functional groups attached to an aromatic ring is 1. The van der Waals surface area contributed by atoms with Crippen LogP contribution >= 0.6 is 0 Å². The van der Waals surface area contributed by atoms with Gasteiger partial charge in [0, 0.05) is 50.6 Å². The number of amides is 1. The summed E-state index contributed by atoms with van der Waals surface area (Å²) in [5, 5.41) is 2.97. The first-order valence-electron chi connectivity index (χ1n) is 9.36. The Morgan fingerprint density at radius 3 is 2.50 bits per heavy atom. The molecule has 0 unspecified atom stereocenters. The first kappa shape index (κ1) is 18.3. The van der Waals surface area contributed by atoms with Crippen LogP contribution in [0.25, 0.3) is 0 Å². The molecule has 1 saturated heterocycles. The van der Waals surface area contributed by atoms with Crippen LogP contribution in [0.3, 0.4) is 0 Å². The minimum Gasteiger partial charge on any atom is -0.399 e. The van der Waals surface area contributed by atoms with Gasteiger partial charge in [-0.05, 0) is 30.2 Å². The highest BCUT2D eigenvalue weighted by Gasteiger charge is 2.21. The van der Waals surface area contributed by atoms with Crippen molar-refractivity contribution in [2.24, 2.45) is 0 Å². The summed E-state index contributed by atoms with van der Waals surface area (Å²) in [6, 6.07) is 16.2. The van der Waals surface area contributed by atoms with Gasteiger partial charge in [-0.1, -0.05) is 37.3 Å². The van der Waals surface area contributed by atoms with E-state index >= 15 is 0 Å². The monoisotopic (exact) mass is 352 g/mol. The van der Waals surface area contributed by atoms with Gasteiger partial charge in [0.1, 0.15) is 0 Å². The van der Waals surface area contributed by atoms with Gasteiger partial charge in [0.15, 0.2) is 0 Å². The molecule has 0 saturated carbocycles. The average Bonchev–Trinajstić information content (AvgIpc) is 2.67. The van der Waals surface area contributed by atoms with Crippen molar-refractivity contribution >= 4 is 17.3 Å². The highest BCUT2D eigenvalue weighted by Crippen LogP contribution is 2.25. The number of carbonyl (C=O) groups excluding carboxylic acids is 1. The number of carbonyl (C=O) groups is 1. The molecule has 5 nitrogen and oxygen atoms in total. The van der Waals surface area contributed by atoms with Crippen molar-refractivity contribution in [1.82, 2.24) is 10.2 Å². The minimum absolute atomic E-state index is 0.0409. The normalized spacial score (nSPS) is 15.0. The Kier molecular flexibility index (Phi) is 6.12. The molecule has 26 heavy (non-hydrogen) atoms. The van der Waals surface area contributed by atoms with Gasteiger partial charge in [-0.25, -0.2) is 0 Å².